The Bertz CT molecular complexity index is 1420. The van der Waals surface area contributed by atoms with Crippen molar-refractivity contribution >= 4 is 50.3 Å². The fourth-order valence-corrected chi connectivity index (χ4v) is 8.88. The van der Waals surface area contributed by atoms with Crippen molar-refractivity contribution in [3.05, 3.63) is 137 Å². The lowest BCUT2D eigenvalue weighted by molar-refractivity contribution is 0.106. The van der Waals surface area contributed by atoms with E-state index in [4.69, 9.17) is 9.85 Å². The van der Waals surface area contributed by atoms with Crippen LogP contribution in [0.15, 0.2) is 142 Å². The van der Waals surface area contributed by atoms with E-state index in [1.807, 2.05) is 97.3 Å². The average molecular weight is 555 g/mol. The first-order chi connectivity index (χ1) is 17.7. The minimum Gasteiger partial charge on any atom is -0.500 e. The van der Waals surface area contributed by atoms with Gasteiger partial charge in [0.25, 0.3) is 0 Å². The maximum Gasteiger partial charge on any atom is 0.214 e. The van der Waals surface area contributed by atoms with Gasteiger partial charge in [-0.1, -0.05) is 107 Å². The quantitative estimate of drug-likeness (QED) is 0.135. The topological polar surface area (TPSA) is 51.0 Å². The van der Waals surface area contributed by atoms with Gasteiger partial charge >= 0.3 is 0 Å². The Labute approximate surface area is 219 Å². The number of nitrogens with zero attached hydrogens (tertiary/aromatic N) is 2. The molecular weight excluding hydrogens is 531 g/mol. The zero-order chi connectivity index (χ0) is 24.8. The molecule has 5 rings (SSSR count). The summed E-state index contributed by atoms with van der Waals surface area (Å²) < 4.78 is 6.73. The van der Waals surface area contributed by atoms with E-state index >= 15 is 0 Å². The van der Waals surface area contributed by atoms with Gasteiger partial charge in [0.05, 0.1) is 18.6 Å². The summed E-state index contributed by atoms with van der Waals surface area (Å²) in [5.74, 6) is -0.134. The van der Waals surface area contributed by atoms with E-state index in [0.717, 1.165) is 26.8 Å². The Hall–Kier alpha value is -3.53. The second-order valence-electron chi connectivity index (χ2n) is 8.27. The summed E-state index contributed by atoms with van der Waals surface area (Å²) in [5.41, 5.74) is 1.69. The van der Waals surface area contributed by atoms with Crippen LogP contribution < -0.4 is 10.6 Å². The van der Waals surface area contributed by atoms with Crippen LogP contribution in [0.5, 0.6) is 0 Å². The highest BCUT2D eigenvalue weighted by Crippen LogP contribution is 2.58. The highest BCUT2D eigenvalue weighted by molar-refractivity contribution is 9.10. The molecule has 0 unspecified atom stereocenters. The van der Waals surface area contributed by atoms with Crippen molar-refractivity contribution in [1.82, 2.24) is 0 Å². The summed E-state index contributed by atoms with van der Waals surface area (Å²) in [6, 6.07) is 37.3. The number of halogens is 1. The molecule has 0 radical (unpaired) electrons. The van der Waals surface area contributed by atoms with E-state index in [1.54, 1.807) is 0 Å². The van der Waals surface area contributed by atoms with Gasteiger partial charge in [-0.05, 0) is 34.9 Å². The minimum atomic E-state index is -2.69. The van der Waals surface area contributed by atoms with Crippen LogP contribution in [0.1, 0.15) is 16.8 Å². The maximum absolute atomic E-state index is 14.3. The lowest BCUT2D eigenvalue weighted by atomic mass is 10.1. The number of ketones is 1. The molecule has 1 heterocycles. The fourth-order valence-electron chi connectivity index (χ4n) is 4.39. The highest BCUT2D eigenvalue weighted by Gasteiger charge is 2.37. The van der Waals surface area contributed by atoms with Gasteiger partial charge in [-0.2, -0.15) is 5.11 Å². The Morgan fingerprint density at radius 1 is 0.750 bits per heavy atom. The van der Waals surface area contributed by atoms with Crippen molar-refractivity contribution in [2.24, 2.45) is 10.2 Å². The molecule has 0 spiro atoms. The summed E-state index contributed by atoms with van der Waals surface area (Å²) >= 11 is 3.47. The monoisotopic (exact) mass is 554 g/mol. The minimum absolute atomic E-state index is 0.134. The molecule has 0 saturated heterocycles. The normalized spacial score (nSPS) is 13.3. The molecule has 0 saturated carbocycles. The Morgan fingerprint density at radius 2 is 1.31 bits per heavy atom. The van der Waals surface area contributed by atoms with E-state index in [0.29, 0.717) is 23.3 Å². The van der Waals surface area contributed by atoms with Crippen LogP contribution in [0.4, 0.5) is 5.69 Å². The van der Waals surface area contributed by atoms with E-state index in [-0.39, 0.29) is 5.78 Å². The van der Waals surface area contributed by atoms with Crippen LogP contribution in [0.2, 0.25) is 0 Å². The molecule has 0 fully saturated rings. The predicted octanol–water partition coefficient (Wildman–Crippen LogP) is 7.48. The number of hydrogen-bond donors (Lipinski definition) is 0. The molecule has 1 aliphatic rings. The van der Waals surface area contributed by atoms with Gasteiger partial charge in [-0.3, -0.25) is 4.79 Å². The lowest BCUT2D eigenvalue weighted by Crippen LogP contribution is -2.27. The summed E-state index contributed by atoms with van der Waals surface area (Å²) in [6.45, 7) is -2.12. The van der Waals surface area contributed by atoms with E-state index in [1.165, 1.54) is 0 Å². The number of Topliss-reactive ketones (excluding diaryl/α,β-unsaturated/α-hetero) is 1. The first-order valence-electron chi connectivity index (χ1n) is 11.7. The van der Waals surface area contributed by atoms with Crippen LogP contribution in [0, 0.1) is 0 Å². The van der Waals surface area contributed by atoms with Crippen molar-refractivity contribution in [2.45, 2.75) is 6.42 Å². The third-order valence-corrected chi connectivity index (χ3v) is 10.8. The zero-order valence-corrected chi connectivity index (χ0v) is 22.0. The smallest absolute Gasteiger partial charge is 0.214 e. The van der Waals surface area contributed by atoms with E-state index in [2.05, 4.69) is 45.3 Å². The number of ether oxygens (including phenoxy) is 1. The van der Waals surface area contributed by atoms with Crippen molar-refractivity contribution in [1.29, 1.82) is 0 Å². The number of benzene rings is 4. The molecule has 0 aromatic heterocycles. The molecule has 1 aliphatic heterocycles. The molecule has 178 valence electrons. The van der Waals surface area contributed by atoms with Gasteiger partial charge in [0.15, 0.2) is 0 Å². The number of azo groups is 1. The third kappa shape index (κ3) is 4.77. The van der Waals surface area contributed by atoms with Crippen LogP contribution in [0.25, 0.3) is 0 Å². The number of carbonyl (C=O) groups excluding carboxylic acids is 1. The van der Waals surface area contributed by atoms with Gasteiger partial charge in [0, 0.05) is 28.7 Å². The van der Waals surface area contributed by atoms with Crippen molar-refractivity contribution in [2.75, 3.05) is 6.61 Å². The largest absolute Gasteiger partial charge is 0.500 e. The van der Waals surface area contributed by atoms with Gasteiger partial charge in [0.2, 0.25) is 5.78 Å². The van der Waals surface area contributed by atoms with Crippen LogP contribution >= 0.6 is 22.8 Å². The molecular formula is C30H24BrN2O2P. The molecule has 4 aromatic carbocycles. The molecule has 0 atom stereocenters. The Morgan fingerprint density at radius 3 is 1.83 bits per heavy atom. The first-order valence-corrected chi connectivity index (χ1v) is 14.2. The molecule has 4 nitrogen and oxygen atoms in total. The van der Waals surface area contributed by atoms with Gasteiger partial charge in [-0.25, -0.2) is 0 Å². The lowest BCUT2D eigenvalue weighted by Gasteiger charge is -2.30. The van der Waals surface area contributed by atoms with E-state index < -0.39 is 6.89 Å². The second-order valence-corrected chi connectivity index (χ2v) is 12.6. The standard InChI is InChI=1S/C30H24BrN2O2P/c31-24-16-18-25(19-17-24)32-33-30(29(34)23-10-4-1-5-11-23)36(28-20-21-35-22-28,26-12-6-2-7-13-26)27-14-8-3-9-15-27/h1-19,22H,20-21H2. The summed E-state index contributed by atoms with van der Waals surface area (Å²) in [5, 5.41) is 12.6. The van der Waals surface area contributed by atoms with Crippen LogP contribution in [-0.2, 0) is 4.74 Å². The fraction of sp³-hybridized carbons (Fsp3) is 0.0667. The number of rotatable bonds is 7. The molecule has 6 heteroatoms. The second kappa shape index (κ2) is 11.0. The summed E-state index contributed by atoms with van der Waals surface area (Å²) in [4.78, 5) is 14.3. The molecule has 4 aromatic rings. The molecule has 0 N–H and O–H groups in total. The van der Waals surface area contributed by atoms with Crippen molar-refractivity contribution < 1.29 is 9.53 Å². The molecule has 0 amide bonds. The van der Waals surface area contributed by atoms with Gasteiger partial charge in [0.1, 0.15) is 5.42 Å². The summed E-state index contributed by atoms with van der Waals surface area (Å²) in [6.07, 6.45) is 2.55. The first kappa shape index (κ1) is 24.2. The van der Waals surface area contributed by atoms with Gasteiger partial charge in [-0.15, -0.1) is 5.11 Å². The Balaban J connectivity index is 1.91. The van der Waals surface area contributed by atoms with Crippen molar-refractivity contribution in [3.8, 4) is 0 Å². The molecule has 36 heavy (non-hydrogen) atoms. The van der Waals surface area contributed by atoms with Crippen LogP contribution in [-0.4, -0.2) is 17.8 Å². The van der Waals surface area contributed by atoms with Gasteiger partial charge < -0.3 is 4.74 Å². The predicted molar refractivity (Wildman–Crippen MR) is 152 cm³/mol. The molecule has 0 bridgehead atoms. The molecule has 0 aliphatic carbocycles. The average Bonchev–Trinajstić information content (AvgIpc) is 3.48. The zero-order valence-electron chi connectivity index (χ0n) is 19.5. The Kier molecular flexibility index (Phi) is 7.41. The number of carbonyl (C=O) groups is 1. The number of hydrogen-bond acceptors (Lipinski definition) is 3. The van der Waals surface area contributed by atoms with Crippen LogP contribution in [0.3, 0.4) is 0 Å². The SMILES string of the molecule is O=C(C(N=Nc1ccc(Br)cc1)=P(C1=COCC1)(c1ccccc1)c1ccccc1)c1ccccc1. The third-order valence-electron chi connectivity index (χ3n) is 6.06. The van der Waals surface area contributed by atoms with E-state index in [9.17, 15) is 4.79 Å². The van der Waals surface area contributed by atoms with Crippen molar-refractivity contribution in [3.63, 3.8) is 0 Å². The summed E-state index contributed by atoms with van der Waals surface area (Å²) in [7, 11) is 0. The maximum atomic E-state index is 14.3. The highest BCUT2D eigenvalue weighted by atomic mass is 79.9.